The standard InChI is InChI=1S/C18H13N3O2/c19-10-12(18(23)21-14-5-7-15(22)8-6-14)9-13-11-20-17-4-2-1-3-16(13)17/h1-9,11,20,22H,(H,21,23)/b12-9-. The molecule has 3 rings (SSSR count). The molecule has 1 amide bonds. The Morgan fingerprint density at radius 3 is 2.65 bits per heavy atom. The van der Waals surface area contributed by atoms with Crippen molar-refractivity contribution in [2.75, 3.05) is 5.32 Å². The minimum Gasteiger partial charge on any atom is -0.508 e. The molecule has 23 heavy (non-hydrogen) atoms. The predicted molar refractivity (Wildman–Crippen MR) is 88.6 cm³/mol. The molecule has 3 aromatic rings. The Hall–Kier alpha value is -3.52. The monoisotopic (exact) mass is 303 g/mol. The van der Waals surface area contributed by atoms with Gasteiger partial charge in [-0.1, -0.05) is 18.2 Å². The van der Waals surface area contributed by atoms with Gasteiger partial charge >= 0.3 is 0 Å². The molecule has 5 nitrogen and oxygen atoms in total. The fourth-order valence-electron chi connectivity index (χ4n) is 2.26. The molecular formula is C18H13N3O2. The molecule has 0 saturated carbocycles. The lowest BCUT2D eigenvalue weighted by atomic mass is 10.1. The summed E-state index contributed by atoms with van der Waals surface area (Å²) in [7, 11) is 0. The van der Waals surface area contributed by atoms with Crippen LogP contribution < -0.4 is 5.32 Å². The molecule has 0 aliphatic heterocycles. The number of anilines is 1. The number of aromatic amines is 1. The van der Waals surface area contributed by atoms with Crippen LogP contribution in [0.3, 0.4) is 0 Å². The average Bonchev–Trinajstić information content (AvgIpc) is 2.97. The van der Waals surface area contributed by atoms with Gasteiger partial charge in [0.15, 0.2) is 0 Å². The Morgan fingerprint density at radius 1 is 1.17 bits per heavy atom. The van der Waals surface area contributed by atoms with Gasteiger partial charge in [0.25, 0.3) is 5.91 Å². The summed E-state index contributed by atoms with van der Waals surface area (Å²) in [6, 6.07) is 15.6. The second kappa shape index (κ2) is 6.08. The van der Waals surface area contributed by atoms with E-state index in [1.807, 2.05) is 30.3 Å². The number of nitrogens with one attached hydrogen (secondary N) is 2. The van der Waals surface area contributed by atoms with Gasteiger partial charge in [0, 0.05) is 28.4 Å². The normalized spacial score (nSPS) is 11.2. The summed E-state index contributed by atoms with van der Waals surface area (Å²) >= 11 is 0. The van der Waals surface area contributed by atoms with Crippen LogP contribution in [0.4, 0.5) is 5.69 Å². The van der Waals surface area contributed by atoms with E-state index in [2.05, 4.69) is 10.3 Å². The van der Waals surface area contributed by atoms with Crippen molar-refractivity contribution in [2.24, 2.45) is 0 Å². The van der Waals surface area contributed by atoms with Gasteiger partial charge in [-0.3, -0.25) is 4.79 Å². The van der Waals surface area contributed by atoms with E-state index in [1.54, 1.807) is 24.4 Å². The Balaban J connectivity index is 1.88. The molecule has 3 N–H and O–H groups in total. The topological polar surface area (TPSA) is 88.9 Å². The van der Waals surface area contributed by atoms with Crippen LogP contribution in [0.1, 0.15) is 5.56 Å². The number of fused-ring (bicyclic) bond motifs is 1. The molecule has 112 valence electrons. The van der Waals surface area contributed by atoms with Crippen LogP contribution in [-0.2, 0) is 4.79 Å². The van der Waals surface area contributed by atoms with Crippen LogP contribution in [-0.4, -0.2) is 16.0 Å². The van der Waals surface area contributed by atoms with Crippen molar-refractivity contribution >= 4 is 28.6 Å². The number of hydrogen-bond acceptors (Lipinski definition) is 3. The summed E-state index contributed by atoms with van der Waals surface area (Å²) in [5.74, 6) is -0.388. The number of nitriles is 1. The second-order valence-electron chi connectivity index (χ2n) is 4.96. The summed E-state index contributed by atoms with van der Waals surface area (Å²) in [5.41, 5.74) is 2.23. The molecule has 1 heterocycles. The summed E-state index contributed by atoms with van der Waals surface area (Å²) in [6.45, 7) is 0. The first-order valence-corrected chi connectivity index (χ1v) is 6.95. The highest BCUT2D eigenvalue weighted by molar-refractivity contribution is 6.10. The zero-order valence-electron chi connectivity index (χ0n) is 12.1. The Bertz CT molecular complexity index is 931. The first-order chi connectivity index (χ1) is 11.2. The van der Waals surface area contributed by atoms with E-state index in [4.69, 9.17) is 0 Å². The van der Waals surface area contributed by atoms with Crippen LogP contribution in [0.5, 0.6) is 5.75 Å². The van der Waals surface area contributed by atoms with Crippen molar-refractivity contribution in [1.29, 1.82) is 5.26 Å². The second-order valence-corrected chi connectivity index (χ2v) is 4.96. The summed E-state index contributed by atoms with van der Waals surface area (Å²) in [5, 5.41) is 22.1. The number of aromatic hydroxyl groups is 1. The molecule has 0 atom stereocenters. The molecule has 0 spiro atoms. The van der Waals surface area contributed by atoms with Crippen molar-refractivity contribution in [3.8, 4) is 11.8 Å². The van der Waals surface area contributed by atoms with Gasteiger partial charge in [-0.05, 0) is 36.4 Å². The maximum atomic E-state index is 12.2. The maximum absolute atomic E-state index is 12.2. The lowest BCUT2D eigenvalue weighted by molar-refractivity contribution is -0.112. The molecule has 0 aliphatic carbocycles. The minimum absolute atomic E-state index is 0.00262. The number of phenols is 1. The smallest absolute Gasteiger partial charge is 0.266 e. The van der Waals surface area contributed by atoms with Crippen molar-refractivity contribution in [3.63, 3.8) is 0 Å². The third-order valence-electron chi connectivity index (χ3n) is 3.41. The van der Waals surface area contributed by atoms with Gasteiger partial charge < -0.3 is 15.4 Å². The Labute approximate surface area is 132 Å². The molecule has 2 aromatic carbocycles. The molecule has 0 bridgehead atoms. The Kier molecular flexibility index (Phi) is 3.81. The summed E-state index contributed by atoms with van der Waals surface area (Å²) in [6.07, 6.45) is 3.31. The predicted octanol–water partition coefficient (Wildman–Crippen LogP) is 3.42. The highest BCUT2D eigenvalue weighted by atomic mass is 16.3. The number of carbonyl (C=O) groups excluding carboxylic acids is 1. The van der Waals surface area contributed by atoms with Gasteiger partial charge in [0.05, 0.1) is 0 Å². The number of aromatic nitrogens is 1. The highest BCUT2D eigenvalue weighted by Crippen LogP contribution is 2.21. The maximum Gasteiger partial charge on any atom is 0.266 e. The van der Waals surface area contributed by atoms with Crippen LogP contribution in [0, 0.1) is 11.3 Å². The number of carbonyl (C=O) groups is 1. The van der Waals surface area contributed by atoms with Crippen LogP contribution in [0.2, 0.25) is 0 Å². The van der Waals surface area contributed by atoms with Crippen LogP contribution in [0.25, 0.3) is 17.0 Å². The van der Waals surface area contributed by atoms with E-state index in [0.29, 0.717) is 5.69 Å². The number of H-pyrrole nitrogens is 1. The number of benzene rings is 2. The van der Waals surface area contributed by atoms with Crippen molar-refractivity contribution in [1.82, 2.24) is 4.98 Å². The SMILES string of the molecule is N#C/C(=C/c1c[nH]c2ccccc12)C(=O)Nc1ccc(O)cc1. The molecule has 0 unspecified atom stereocenters. The van der Waals surface area contributed by atoms with E-state index < -0.39 is 5.91 Å². The number of rotatable bonds is 3. The third-order valence-corrected chi connectivity index (χ3v) is 3.41. The van der Waals surface area contributed by atoms with Crippen molar-refractivity contribution in [3.05, 3.63) is 65.9 Å². The molecule has 0 saturated heterocycles. The highest BCUT2D eigenvalue weighted by Gasteiger charge is 2.11. The van der Waals surface area contributed by atoms with Crippen LogP contribution >= 0.6 is 0 Å². The molecule has 0 radical (unpaired) electrons. The molecular weight excluding hydrogens is 290 g/mol. The van der Waals surface area contributed by atoms with E-state index >= 15 is 0 Å². The summed E-state index contributed by atoms with van der Waals surface area (Å²) < 4.78 is 0. The quantitative estimate of drug-likeness (QED) is 0.393. The average molecular weight is 303 g/mol. The van der Waals surface area contributed by atoms with Gasteiger partial charge in [0.1, 0.15) is 17.4 Å². The third kappa shape index (κ3) is 3.06. The number of nitrogens with zero attached hydrogens (tertiary/aromatic N) is 1. The first-order valence-electron chi connectivity index (χ1n) is 6.95. The van der Waals surface area contributed by atoms with Gasteiger partial charge in [-0.2, -0.15) is 5.26 Å². The van der Waals surface area contributed by atoms with E-state index in [1.165, 1.54) is 12.1 Å². The number of para-hydroxylation sites is 1. The Morgan fingerprint density at radius 2 is 1.91 bits per heavy atom. The zero-order chi connectivity index (χ0) is 16.2. The molecule has 1 aromatic heterocycles. The van der Waals surface area contributed by atoms with Gasteiger partial charge in [-0.15, -0.1) is 0 Å². The van der Waals surface area contributed by atoms with Crippen LogP contribution in [0.15, 0.2) is 60.3 Å². The van der Waals surface area contributed by atoms with Crippen molar-refractivity contribution < 1.29 is 9.90 Å². The number of amides is 1. The van der Waals surface area contributed by atoms with Gasteiger partial charge in [-0.25, -0.2) is 0 Å². The summed E-state index contributed by atoms with van der Waals surface area (Å²) in [4.78, 5) is 15.3. The molecule has 5 heteroatoms. The minimum atomic E-state index is -0.497. The molecule has 0 aliphatic rings. The number of hydrogen-bond donors (Lipinski definition) is 3. The van der Waals surface area contributed by atoms with Crippen molar-refractivity contribution in [2.45, 2.75) is 0 Å². The fraction of sp³-hybridized carbons (Fsp3) is 0. The van der Waals surface area contributed by atoms with Gasteiger partial charge in [0.2, 0.25) is 0 Å². The molecule has 0 fully saturated rings. The number of phenolic OH excluding ortho intramolecular Hbond substituents is 1. The fourth-order valence-corrected chi connectivity index (χ4v) is 2.26. The largest absolute Gasteiger partial charge is 0.508 e. The lowest BCUT2D eigenvalue weighted by Gasteiger charge is -2.04. The first kappa shape index (κ1) is 14.4. The zero-order valence-corrected chi connectivity index (χ0v) is 12.1. The van der Waals surface area contributed by atoms with E-state index in [0.717, 1.165) is 16.5 Å². The lowest BCUT2D eigenvalue weighted by Crippen LogP contribution is -2.13. The van der Waals surface area contributed by atoms with E-state index in [-0.39, 0.29) is 11.3 Å². The van der Waals surface area contributed by atoms with E-state index in [9.17, 15) is 15.2 Å².